The first-order valence-electron chi connectivity index (χ1n) is 8.05. The van der Waals surface area contributed by atoms with Crippen LogP contribution in [0.5, 0.6) is 0 Å². The summed E-state index contributed by atoms with van der Waals surface area (Å²) in [4.78, 5) is 2.54. The molecule has 0 amide bonds. The summed E-state index contributed by atoms with van der Waals surface area (Å²) in [6.45, 7) is 10.2. The molecule has 2 heteroatoms. The molecular formula is C18H30N2. The Hall–Kier alpha value is -0.860. The van der Waals surface area contributed by atoms with Crippen molar-refractivity contribution in [3.63, 3.8) is 0 Å². The number of benzene rings is 1. The van der Waals surface area contributed by atoms with E-state index in [4.69, 9.17) is 5.73 Å². The van der Waals surface area contributed by atoms with Crippen LogP contribution in [0.2, 0.25) is 0 Å². The van der Waals surface area contributed by atoms with Gasteiger partial charge in [-0.1, -0.05) is 57.5 Å². The van der Waals surface area contributed by atoms with Crippen LogP contribution < -0.4 is 5.73 Å². The maximum Gasteiger partial charge on any atom is 0.0233 e. The molecule has 1 aromatic rings. The van der Waals surface area contributed by atoms with Crippen LogP contribution >= 0.6 is 0 Å². The van der Waals surface area contributed by atoms with E-state index in [0.29, 0.717) is 17.4 Å². The molecule has 2 nitrogen and oxygen atoms in total. The molecule has 1 saturated carbocycles. The summed E-state index contributed by atoms with van der Waals surface area (Å²) in [6, 6.07) is 11.1. The molecule has 0 heterocycles. The molecule has 1 aliphatic rings. The van der Waals surface area contributed by atoms with Crippen LogP contribution in [0.25, 0.3) is 0 Å². The summed E-state index contributed by atoms with van der Waals surface area (Å²) >= 11 is 0. The normalized spacial score (nSPS) is 25.9. The number of hydrogen-bond donors (Lipinski definition) is 1. The Bertz CT molecular complexity index is 399. The molecule has 0 aromatic heterocycles. The van der Waals surface area contributed by atoms with Gasteiger partial charge in [0, 0.05) is 19.1 Å². The lowest BCUT2D eigenvalue weighted by molar-refractivity contribution is 0.101. The Morgan fingerprint density at radius 3 is 2.60 bits per heavy atom. The van der Waals surface area contributed by atoms with Gasteiger partial charge in [-0.15, -0.1) is 0 Å². The van der Waals surface area contributed by atoms with Gasteiger partial charge >= 0.3 is 0 Å². The second kappa shape index (κ2) is 6.73. The highest BCUT2D eigenvalue weighted by Gasteiger charge is 2.36. The first-order valence-corrected chi connectivity index (χ1v) is 8.05. The van der Waals surface area contributed by atoms with Crippen molar-refractivity contribution in [2.75, 3.05) is 13.1 Å². The van der Waals surface area contributed by atoms with Crippen LogP contribution in [0.15, 0.2) is 30.3 Å². The van der Waals surface area contributed by atoms with Crippen molar-refractivity contribution in [1.29, 1.82) is 0 Å². The van der Waals surface area contributed by atoms with E-state index in [0.717, 1.165) is 19.6 Å². The monoisotopic (exact) mass is 274 g/mol. The summed E-state index contributed by atoms with van der Waals surface area (Å²) in [7, 11) is 0. The molecule has 20 heavy (non-hydrogen) atoms. The molecule has 0 radical (unpaired) electrons. The lowest BCUT2D eigenvalue weighted by Crippen LogP contribution is -2.50. The minimum atomic E-state index is 0.301. The first kappa shape index (κ1) is 15.5. The SMILES string of the molecule is CCN(Cc1ccccc1)CC1CCCC(C)(C)C1N. The second-order valence-electron chi connectivity index (χ2n) is 6.98. The number of nitrogens with zero attached hydrogens (tertiary/aromatic N) is 1. The third-order valence-corrected chi connectivity index (χ3v) is 5.00. The van der Waals surface area contributed by atoms with Crippen LogP contribution in [-0.4, -0.2) is 24.0 Å². The van der Waals surface area contributed by atoms with Crippen LogP contribution in [0.3, 0.4) is 0 Å². The summed E-state index contributed by atoms with van der Waals surface area (Å²) in [5, 5.41) is 0. The van der Waals surface area contributed by atoms with Gasteiger partial charge in [-0.05, 0) is 36.3 Å². The average Bonchev–Trinajstić information content (AvgIpc) is 2.44. The maximum absolute atomic E-state index is 6.53. The fourth-order valence-electron chi connectivity index (χ4n) is 3.49. The largest absolute Gasteiger partial charge is 0.327 e. The van der Waals surface area contributed by atoms with E-state index in [-0.39, 0.29) is 0 Å². The van der Waals surface area contributed by atoms with Crippen LogP contribution in [0.1, 0.15) is 45.6 Å². The molecule has 0 saturated heterocycles. The Labute approximate surface area is 124 Å². The van der Waals surface area contributed by atoms with E-state index in [1.54, 1.807) is 0 Å². The molecule has 0 aliphatic heterocycles. The topological polar surface area (TPSA) is 29.3 Å². The van der Waals surface area contributed by atoms with Crippen LogP contribution in [0.4, 0.5) is 0 Å². The van der Waals surface area contributed by atoms with E-state index in [1.807, 2.05) is 0 Å². The van der Waals surface area contributed by atoms with E-state index >= 15 is 0 Å². The molecule has 2 rings (SSSR count). The minimum absolute atomic E-state index is 0.301. The molecule has 1 aliphatic carbocycles. The van der Waals surface area contributed by atoms with Crippen molar-refractivity contribution in [3.8, 4) is 0 Å². The summed E-state index contributed by atoms with van der Waals surface area (Å²) in [5.41, 5.74) is 8.23. The van der Waals surface area contributed by atoms with Gasteiger partial charge in [0.25, 0.3) is 0 Å². The molecule has 0 spiro atoms. The van der Waals surface area contributed by atoms with Gasteiger partial charge in [0.2, 0.25) is 0 Å². The van der Waals surface area contributed by atoms with Gasteiger partial charge in [-0.2, -0.15) is 0 Å². The Morgan fingerprint density at radius 1 is 1.25 bits per heavy atom. The predicted molar refractivity (Wildman–Crippen MR) is 86.5 cm³/mol. The maximum atomic E-state index is 6.53. The van der Waals surface area contributed by atoms with E-state index in [2.05, 4.69) is 56.0 Å². The van der Waals surface area contributed by atoms with Gasteiger partial charge in [0.1, 0.15) is 0 Å². The smallest absolute Gasteiger partial charge is 0.0233 e. The zero-order valence-electron chi connectivity index (χ0n) is 13.3. The molecule has 0 bridgehead atoms. The van der Waals surface area contributed by atoms with Gasteiger partial charge in [-0.25, -0.2) is 0 Å². The highest BCUT2D eigenvalue weighted by molar-refractivity contribution is 5.14. The number of nitrogens with two attached hydrogens (primary N) is 1. The average molecular weight is 274 g/mol. The van der Waals surface area contributed by atoms with Crippen LogP contribution in [0, 0.1) is 11.3 Å². The third-order valence-electron chi connectivity index (χ3n) is 5.00. The Balaban J connectivity index is 1.96. The van der Waals surface area contributed by atoms with Gasteiger partial charge in [-0.3, -0.25) is 4.90 Å². The standard InChI is InChI=1S/C18H30N2/c1-4-20(13-15-9-6-5-7-10-15)14-16-11-8-12-18(2,3)17(16)19/h5-7,9-10,16-17H,4,8,11-14,19H2,1-3H3. The van der Waals surface area contributed by atoms with Crippen molar-refractivity contribution < 1.29 is 0 Å². The number of rotatable bonds is 5. The molecule has 2 N–H and O–H groups in total. The number of hydrogen-bond acceptors (Lipinski definition) is 2. The zero-order valence-corrected chi connectivity index (χ0v) is 13.3. The lowest BCUT2D eigenvalue weighted by atomic mass is 9.68. The van der Waals surface area contributed by atoms with Crippen molar-refractivity contribution in [3.05, 3.63) is 35.9 Å². The highest BCUT2D eigenvalue weighted by Crippen LogP contribution is 2.38. The first-order chi connectivity index (χ1) is 9.53. The summed E-state index contributed by atoms with van der Waals surface area (Å²) < 4.78 is 0. The second-order valence-corrected chi connectivity index (χ2v) is 6.98. The highest BCUT2D eigenvalue weighted by atomic mass is 15.1. The van der Waals surface area contributed by atoms with Crippen LogP contribution in [-0.2, 0) is 6.54 Å². The van der Waals surface area contributed by atoms with Crippen molar-refractivity contribution >= 4 is 0 Å². The van der Waals surface area contributed by atoms with Gasteiger partial charge in [0.15, 0.2) is 0 Å². The fraction of sp³-hybridized carbons (Fsp3) is 0.667. The Kier molecular flexibility index (Phi) is 5.22. The molecule has 1 aromatic carbocycles. The lowest BCUT2D eigenvalue weighted by Gasteiger charge is -2.43. The zero-order chi connectivity index (χ0) is 14.6. The minimum Gasteiger partial charge on any atom is -0.327 e. The van der Waals surface area contributed by atoms with E-state index in [9.17, 15) is 0 Å². The van der Waals surface area contributed by atoms with Gasteiger partial charge < -0.3 is 5.73 Å². The van der Waals surface area contributed by atoms with Crippen molar-refractivity contribution in [2.24, 2.45) is 17.1 Å². The Morgan fingerprint density at radius 2 is 1.95 bits per heavy atom. The van der Waals surface area contributed by atoms with E-state index < -0.39 is 0 Å². The summed E-state index contributed by atoms with van der Waals surface area (Å²) in [5.74, 6) is 0.641. The third kappa shape index (κ3) is 3.83. The molecule has 2 atom stereocenters. The van der Waals surface area contributed by atoms with Crippen molar-refractivity contribution in [2.45, 2.75) is 52.6 Å². The van der Waals surface area contributed by atoms with Crippen molar-refractivity contribution in [1.82, 2.24) is 4.90 Å². The fourth-order valence-corrected chi connectivity index (χ4v) is 3.49. The molecule has 1 fully saturated rings. The predicted octanol–water partition coefficient (Wildman–Crippen LogP) is 3.66. The quantitative estimate of drug-likeness (QED) is 0.888. The molecule has 112 valence electrons. The van der Waals surface area contributed by atoms with Gasteiger partial charge in [0.05, 0.1) is 0 Å². The molecular weight excluding hydrogens is 244 g/mol. The van der Waals surface area contributed by atoms with E-state index in [1.165, 1.54) is 24.8 Å². The summed E-state index contributed by atoms with van der Waals surface area (Å²) in [6.07, 6.45) is 3.89. The molecule has 2 unspecified atom stereocenters.